The molecular formula is C11H12BrClN2O2. The van der Waals surface area contributed by atoms with Gasteiger partial charge in [-0.05, 0) is 34.8 Å². The van der Waals surface area contributed by atoms with Gasteiger partial charge in [0.2, 0.25) is 0 Å². The Morgan fingerprint density at radius 3 is 3.06 bits per heavy atom. The van der Waals surface area contributed by atoms with E-state index < -0.39 is 5.97 Å². The summed E-state index contributed by atoms with van der Waals surface area (Å²) in [5, 5.41) is 9.58. The van der Waals surface area contributed by atoms with Crippen LogP contribution in [0.1, 0.15) is 12.8 Å². The van der Waals surface area contributed by atoms with Crippen molar-refractivity contribution in [3.63, 3.8) is 0 Å². The van der Waals surface area contributed by atoms with Crippen molar-refractivity contribution in [2.45, 2.75) is 12.8 Å². The topological polar surface area (TPSA) is 53.4 Å². The van der Waals surface area contributed by atoms with Crippen molar-refractivity contribution in [3.8, 4) is 0 Å². The smallest absolute Gasteiger partial charge is 0.308 e. The lowest BCUT2D eigenvalue weighted by Gasteiger charge is -2.32. The van der Waals surface area contributed by atoms with Gasteiger partial charge in [-0.2, -0.15) is 0 Å². The second-order valence-electron chi connectivity index (χ2n) is 4.08. The Kier molecular flexibility index (Phi) is 3.89. The molecule has 1 aliphatic heterocycles. The largest absolute Gasteiger partial charge is 0.481 e. The highest BCUT2D eigenvalue weighted by molar-refractivity contribution is 9.10. The molecule has 0 bridgehead atoms. The minimum Gasteiger partial charge on any atom is -0.481 e. The lowest BCUT2D eigenvalue weighted by atomic mass is 9.98. The standard InChI is InChI=1S/C11H12BrClN2O2/c12-8-4-9(13)10(14-5-8)15-3-1-2-7(6-15)11(16)17/h4-5,7H,1-3,6H2,(H,16,17). The number of pyridine rings is 1. The third-order valence-electron chi connectivity index (χ3n) is 2.86. The van der Waals surface area contributed by atoms with Crippen molar-refractivity contribution < 1.29 is 9.90 Å². The first-order valence-corrected chi connectivity index (χ1v) is 6.54. The van der Waals surface area contributed by atoms with Crippen molar-refractivity contribution in [1.29, 1.82) is 0 Å². The Balaban J connectivity index is 2.19. The maximum atomic E-state index is 11.0. The maximum absolute atomic E-state index is 11.0. The Bertz CT molecular complexity index is 441. The number of hydrogen-bond acceptors (Lipinski definition) is 3. The van der Waals surface area contributed by atoms with E-state index in [0.717, 1.165) is 23.9 Å². The van der Waals surface area contributed by atoms with E-state index in [-0.39, 0.29) is 5.92 Å². The monoisotopic (exact) mass is 318 g/mol. The molecule has 1 unspecified atom stereocenters. The molecule has 1 aromatic heterocycles. The van der Waals surface area contributed by atoms with Crippen LogP contribution in [-0.4, -0.2) is 29.1 Å². The fourth-order valence-electron chi connectivity index (χ4n) is 2.01. The zero-order valence-corrected chi connectivity index (χ0v) is 11.4. The van der Waals surface area contributed by atoms with Gasteiger partial charge in [0.1, 0.15) is 5.82 Å². The second-order valence-corrected chi connectivity index (χ2v) is 5.41. The number of carbonyl (C=O) groups is 1. The van der Waals surface area contributed by atoms with E-state index in [0.29, 0.717) is 17.4 Å². The van der Waals surface area contributed by atoms with Gasteiger partial charge in [-0.3, -0.25) is 4.79 Å². The van der Waals surface area contributed by atoms with Gasteiger partial charge >= 0.3 is 5.97 Å². The van der Waals surface area contributed by atoms with Crippen LogP contribution in [0.2, 0.25) is 5.02 Å². The first-order valence-electron chi connectivity index (χ1n) is 5.36. The average molecular weight is 320 g/mol. The summed E-state index contributed by atoms with van der Waals surface area (Å²) in [6.45, 7) is 1.28. The van der Waals surface area contributed by atoms with E-state index in [1.165, 1.54) is 0 Å². The summed E-state index contributed by atoms with van der Waals surface area (Å²) < 4.78 is 0.818. The minimum absolute atomic E-state index is 0.328. The highest BCUT2D eigenvalue weighted by Gasteiger charge is 2.27. The fraction of sp³-hybridized carbons (Fsp3) is 0.455. The van der Waals surface area contributed by atoms with Gasteiger partial charge in [0.25, 0.3) is 0 Å². The van der Waals surface area contributed by atoms with E-state index in [9.17, 15) is 4.79 Å². The number of aliphatic carboxylic acids is 1. The zero-order chi connectivity index (χ0) is 12.4. The molecule has 17 heavy (non-hydrogen) atoms. The Labute approximate surface area is 113 Å². The predicted octanol–water partition coefficient (Wildman–Crippen LogP) is 2.80. The SMILES string of the molecule is O=C(O)C1CCCN(c2ncc(Br)cc2Cl)C1. The van der Waals surface area contributed by atoms with Crippen molar-refractivity contribution in [1.82, 2.24) is 4.98 Å². The number of hydrogen-bond donors (Lipinski definition) is 1. The number of halogens is 2. The number of rotatable bonds is 2. The minimum atomic E-state index is -0.747. The highest BCUT2D eigenvalue weighted by atomic mass is 79.9. The predicted molar refractivity (Wildman–Crippen MR) is 69.5 cm³/mol. The van der Waals surface area contributed by atoms with Crippen LogP contribution in [0.3, 0.4) is 0 Å². The van der Waals surface area contributed by atoms with E-state index in [4.69, 9.17) is 16.7 Å². The third kappa shape index (κ3) is 2.90. The number of carboxylic acid groups (broad SMARTS) is 1. The van der Waals surface area contributed by atoms with Gasteiger partial charge < -0.3 is 10.0 Å². The van der Waals surface area contributed by atoms with Crippen LogP contribution in [-0.2, 0) is 4.79 Å². The third-order valence-corrected chi connectivity index (χ3v) is 3.57. The van der Waals surface area contributed by atoms with Crippen LogP contribution >= 0.6 is 27.5 Å². The molecule has 1 aromatic rings. The summed E-state index contributed by atoms with van der Waals surface area (Å²) in [5.41, 5.74) is 0. The lowest BCUT2D eigenvalue weighted by molar-refractivity contribution is -0.141. The van der Waals surface area contributed by atoms with E-state index in [1.807, 2.05) is 4.90 Å². The first kappa shape index (κ1) is 12.6. The molecule has 1 fully saturated rings. The van der Waals surface area contributed by atoms with Crippen molar-refractivity contribution in [2.75, 3.05) is 18.0 Å². The van der Waals surface area contributed by atoms with Gasteiger partial charge in [0, 0.05) is 23.8 Å². The summed E-state index contributed by atoms with van der Waals surface area (Å²) in [5.74, 6) is -0.408. The highest BCUT2D eigenvalue weighted by Crippen LogP contribution is 2.29. The van der Waals surface area contributed by atoms with Crippen molar-refractivity contribution >= 4 is 39.3 Å². The van der Waals surface area contributed by atoms with Gasteiger partial charge in [-0.25, -0.2) is 4.98 Å². The van der Waals surface area contributed by atoms with E-state index >= 15 is 0 Å². The fourth-order valence-corrected chi connectivity index (χ4v) is 2.76. The Hall–Kier alpha value is -0.810. The molecular weight excluding hydrogens is 307 g/mol. The maximum Gasteiger partial charge on any atom is 0.308 e. The summed E-state index contributed by atoms with van der Waals surface area (Å²) in [6.07, 6.45) is 3.25. The van der Waals surface area contributed by atoms with Crippen LogP contribution < -0.4 is 4.90 Å². The van der Waals surface area contributed by atoms with Crippen LogP contribution in [0.4, 0.5) is 5.82 Å². The molecule has 0 radical (unpaired) electrons. The molecule has 0 amide bonds. The zero-order valence-electron chi connectivity index (χ0n) is 9.07. The molecule has 6 heteroatoms. The Morgan fingerprint density at radius 1 is 1.65 bits per heavy atom. The van der Waals surface area contributed by atoms with Crippen LogP contribution in [0.25, 0.3) is 0 Å². The number of nitrogens with zero attached hydrogens (tertiary/aromatic N) is 2. The summed E-state index contributed by atoms with van der Waals surface area (Å²) in [4.78, 5) is 17.2. The first-order chi connectivity index (χ1) is 8.08. The molecule has 1 N–H and O–H groups in total. The van der Waals surface area contributed by atoms with E-state index in [1.54, 1.807) is 12.3 Å². The molecule has 2 rings (SSSR count). The normalized spacial score (nSPS) is 20.4. The number of carboxylic acids is 1. The molecule has 4 nitrogen and oxygen atoms in total. The quantitative estimate of drug-likeness (QED) is 0.911. The van der Waals surface area contributed by atoms with Crippen LogP contribution in [0.5, 0.6) is 0 Å². The van der Waals surface area contributed by atoms with Gasteiger partial charge in [-0.15, -0.1) is 0 Å². The lowest BCUT2D eigenvalue weighted by Crippen LogP contribution is -2.39. The molecule has 1 saturated heterocycles. The van der Waals surface area contributed by atoms with Gasteiger partial charge in [-0.1, -0.05) is 11.6 Å². The number of anilines is 1. The molecule has 0 aliphatic carbocycles. The molecule has 0 aromatic carbocycles. The summed E-state index contributed by atoms with van der Waals surface area (Å²) >= 11 is 9.40. The second kappa shape index (κ2) is 5.23. The van der Waals surface area contributed by atoms with Gasteiger partial charge in [0.15, 0.2) is 0 Å². The molecule has 2 heterocycles. The average Bonchev–Trinajstić information content (AvgIpc) is 2.29. The molecule has 1 aliphatic rings. The van der Waals surface area contributed by atoms with Crippen LogP contribution in [0, 0.1) is 5.92 Å². The van der Waals surface area contributed by atoms with E-state index in [2.05, 4.69) is 20.9 Å². The van der Waals surface area contributed by atoms with Crippen LogP contribution in [0.15, 0.2) is 16.7 Å². The molecule has 1 atom stereocenters. The number of piperidine rings is 1. The van der Waals surface area contributed by atoms with Crippen molar-refractivity contribution in [2.24, 2.45) is 5.92 Å². The van der Waals surface area contributed by atoms with Crippen molar-refractivity contribution in [3.05, 3.63) is 21.8 Å². The molecule has 0 saturated carbocycles. The Morgan fingerprint density at radius 2 is 2.41 bits per heavy atom. The van der Waals surface area contributed by atoms with Gasteiger partial charge in [0.05, 0.1) is 10.9 Å². The molecule has 92 valence electrons. The summed E-state index contributed by atoms with van der Waals surface area (Å²) in [6, 6.07) is 1.77. The molecule has 0 spiro atoms. The summed E-state index contributed by atoms with van der Waals surface area (Å²) in [7, 11) is 0. The number of aromatic nitrogens is 1.